The largest absolute Gasteiger partial charge is 0.394 e. The van der Waals surface area contributed by atoms with Crippen LogP contribution >= 0.6 is 0 Å². The lowest BCUT2D eigenvalue weighted by Gasteiger charge is -2.14. The van der Waals surface area contributed by atoms with Gasteiger partial charge in [-0.05, 0) is 42.0 Å². The molecule has 6 heteroatoms. The molecule has 0 aromatic heterocycles. The predicted octanol–water partition coefficient (Wildman–Crippen LogP) is 2.41. The number of aliphatic hydroxyl groups is 3. The van der Waals surface area contributed by atoms with E-state index in [1.807, 2.05) is 36.4 Å². The minimum atomic E-state index is -1.29. The average Bonchev–Trinajstić information content (AvgIpc) is 3.54. The lowest BCUT2D eigenvalue weighted by Crippen LogP contribution is -2.29. The Bertz CT molecular complexity index is 963. The van der Waals surface area contributed by atoms with E-state index in [1.165, 1.54) is 0 Å². The Morgan fingerprint density at radius 3 is 2.76 bits per heavy atom. The molecule has 0 radical (unpaired) electrons. The number of carbonyl (C=O) groups excluding carboxylic acids is 1. The molecule has 0 bridgehead atoms. The smallest absolute Gasteiger partial charge is 0.173 e. The Labute approximate surface area is 170 Å². The van der Waals surface area contributed by atoms with Crippen molar-refractivity contribution >= 4 is 28.3 Å². The van der Waals surface area contributed by atoms with Crippen molar-refractivity contribution in [3.63, 3.8) is 0 Å². The van der Waals surface area contributed by atoms with Crippen LogP contribution < -0.4 is 4.90 Å². The number of fused-ring (bicyclic) bond motifs is 1. The van der Waals surface area contributed by atoms with Crippen LogP contribution in [0.25, 0.3) is 16.8 Å². The first-order valence-electron chi connectivity index (χ1n) is 9.89. The molecule has 29 heavy (non-hydrogen) atoms. The van der Waals surface area contributed by atoms with E-state index in [4.69, 9.17) is 5.11 Å². The molecule has 1 heterocycles. The summed E-state index contributed by atoms with van der Waals surface area (Å²) in [6.45, 7) is 2.64. The Morgan fingerprint density at radius 1 is 1.31 bits per heavy atom. The highest BCUT2D eigenvalue weighted by Crippen LogP contribution is 2.36. The van der Waals surface area contributed by atoms with E-state index in [1.54, 1.807) is 6.08 Å². The number of nitrogens with zero attached hydrogens (tertiary/aromatic N) is 2. The molecule has 3 atom stereocenters. The molecule has 1 aliphatic heterocycles. The van der Waals surface area contributed by atoms with Crippen molar-refractivity contribution in [1.82, 2.24) is 0 Å². The Balaban J connectivity index is 1.81. The minimum absolute atomic E-state index is 0.00526. The summed E-state index contributed by atoms with van der Waals surface area (Å²) in [7, 11) is 0. The van der Waals surface area contributed by atoms with Gasteiger partial charge in [0.05, 0.1) is 18.3 Å². The second-order valence-electron chi connectivity index (χ2n) is 7.42. The summed E-state index contributed by atoms with van der Waals surface area (Å²) < 4.78 is 0. The molecule has 1 fully saturated rings. The van der Waals surface area contributed by atoms with Gasteiger partial charge in [-0.1, -0.05) is 31.2 Å². The summed E-state index contributed by atoms with van der Waals surface area (Å²) in [5.74, 6) is -0.401. The highest BCUT2D eigenvalue weighted by atomic mass is 16.4. The number of allylic oxidation sites excluding steroid dienone is 1. The van der Waals surface area contributed by atoms with Crippen LogP contribution in [0.5, 0.6) is 0 Å². The highest BCUT2D eigenvalue weighted by molar-refractivity contribution is 6.04. The van der Waals surface area contributed by atoms with Gasteiger partial charge in [0.15, 0.2) is 5.78 Å². The summed E-state index contributed by atoms with van der Waals surface area (Å²) in [4.78, 5) is 14.7. The van der Waals surface area contributed by atoms with Gasteiger partial charge in [0.2, 0.25) is 0 Å². The molecule has 152 valence electrons. The van der Waals surface area contributed by atoms with Gasteiger partial charge in [0.25, 0.3) is 0 Å². The fraction of sp³-hybridized carbons (Fsp3) is 0.391. The molecular formula is C23H26N2O4. The van der Waals surface area contributed by atoms with Crippen molar-refractivity contribution in [3.05, 3.63) is 47.5 Å². The molecule has 0 saturated carbocycles. The summed E-state index contributed by atoms with van der Waals surface area (Å²) in [6, 6.07) is 14.5. The number of anilines is 1. The molecule has 3 N–H and O–H groups in total. The number of nitriles is 1. The molecule has 0 amide bonds. The van der Waals surface area contributed by atoms with Gasteiger partial charge in [0.1, 0.15) is 12.2 Å². The molecule has 2 aromatic rings. The van der Waals surface area contributed by atoms with Crippen molar-refractivity contribution in [1.29, 1.82) is 5.26 Å². The quantitative estimate of drug-likeness (QED) is 0.343. The number of hydrogen-bond donors (Lipinski definition) is 3. The van der Waals surface area contributed by atoms with Crippen molar-refractivity contribution < 1.29 is 20.1 Å². The van der Waals surface area contributed by atoms with Crippen molar-refractivity contribution in [2.45, 2.75) is 44.4 Å². The van der Waals surface area contributed by atoms with Crippen LogP contribution in [0.1, 0.15) is 31.7 Å². The number of Topliss-reactive ketones (excluding diaryl/α,β-unsaturated/α-hetero) is 1. The zero-order valence-electron chi connectivity index (χ0n) is 16.5. The van der Waals surface area contributed by atoms with Gasteiger partial charge in [-0.3, -0.25) is 4.79 Å². The number of aliphatic hydroxyl groups excluding tert-OH is 3. The fourth-order valence-corrected chi connectivity index (χ4v) is 3.51. The van der Waals surface area contributed by atoms with Gasteiger partial charge in [-0.15, -0.1) is 0 Å². The molecule has 1 aliphatic rings. The van der Waals surface area contributed by atoms with Crippen molar-refractivity contribution in [2.24, 2.45) is 0 Å². The number of carbonyl (C=O) groups is 1. The van der Waals surface area contributed by atoms with Crippen molar-refractivity contribution in [2.75, 3.05) is 18.1 Å². The second kappa shape index (κ2) is 9.19. The zero-order chi connectivity index (χ0) is 21.0. The molecule has 6 nitrogen and oxygen atoms in total. The SMILES string of the molecule is CCC1CN1c1cccc2ccc(/C=C(\C#N)C(=O)CCC(O)C(O)CO)cc12. The predicted molar refractivity (Wildman–Crippen MR) is 112 cm³/mol. The van der Waals surface area contributed by atoms with Crippen LogP contribution in [0.4, 0.5) is 5.69 Å². The van der Waals surface area contributed by atoms with Crippen LogP contribution in [-0.2, 0) is 4.79 Å². The fourth-order valence-electron chi connectivity index (χ4n) is 3.51. The molecule has 1 saturated heterocycles. The Hall–Kier alpha value is -2.72. The topological polar surface area (TPSA) is 105 Å². The van der Waals surface area contributed by atoms with E-state index < -0.39 is 24.6 Å². The summed E-state index contributed by atoms with van der Waals surface area (Å²) in [5, 5.41) is 39.5. The third kappa shape index (κ3) is 4.83. The summed E-state index contributed by atoms with van der Waals surface area (Å²) >= 11 is 0. The first-order valence-corrected chi connectivity index (χ1v) is 9.89. The monoisotopic (exact) mass is 394 g/mol. The highest BCUT2D eigenvalue weighted by Gasteiger charge is 2.33. The lowest BCUT2D eigenvalue weighted by atomic mass is 9.99. The maximum Gasteiger partial charge on any atom is 0.173 e. The van der Waals surface area contributed by atoms with E-state index in [-0.39, 0.29) is 18.4 Å². The first-order chi connectivity index (χ1) is 14.0. The average molecular weight is 394 g/mol. The molecule has 0 aliphatic carbocycles. The van der Waals surface area contributed by atoms with Crippen LogP contribution in [0.2, 0.25) is 0 Å². The summed E-state index contributed by atoms with van der Waals surface area (Å²) in [6.07, 6.45) is 0.0659. The van der Waals surface area contributed by atoms with Crippen LogP contribution in [-0.4, -0.2) is 52.5 Å². The summed E-state index contributed by atoms with van der Waals surface area (Å²) in [5.41, 5.74) is 1.93. The standard InChI is InChI=1S/C23H26N2O4/c1-2-18-13-25(18)20-5-3-4-16-7-6-15(11-19(16)20)10-17(12-24)21(27)8-9-22(28)23(29)14-26/h3-7,10-11,18,22-23,26,28-29H,2,8-9,13-14H2,1H3/b17-10+. The van der Waals surface area contributed by atoms with Gasteiger partial charge in [0, 0.05) is 30.1 Å². The minimum Gasteiger partial charge on any atom is -0.394 e. The third-order valence-electron chi connectivity index (χ3n) is 5.41. The van der Waals surface area contributed by atoms with E-state index in [2.05, 4.69) is 17.9 Å². The van der Waals surface area contributed by atoms with Gasteiger partial charge >= 0.3 is 0 Å². The lowest BCUT2D eigenvalue weighted by molar-refractivity contribution is -0.116. The molecular weight excluding hydrogens is 368 g/mol. The zero-order valence-corrected chi connectivity index (χ0v) is 16.5. The number of hydrogen-bond acceptors (Lipinski definition) is 6. The number of benzene rings is 2. The first kappa shape index (κ1) is 21.0. The van der Waals surface area contributed by atoms with Crippen molar-refractivity contribution in [3.8, 4) is 6.07 Å². The van der Waals surface area contributed by atoms with E-state index >= 15 is 0 Å². The van der Waals surface area contributed by atoms with Crippen LogP contribution in [0, 0.1) is 11.3 Å². The molecule has 3 unspecified atom stereocenters. The third-order valence-corrected chi connectivity index (χ3v) is 5.41. The van der Waals surface area contributed by atoms with Gasteiger partial charge in [-0.25, -0.2) is 0 Å². The Kier molecular flexibility index (Phi) is 6.65. The molecule has 0 spiro atoms. The molecule has 3 rings (SSSR count). The van der Waals surface area contributed by atoms with E-state index in [0.717, 1.165) is 35.0 Å². The number of rotatable bonds is 9. The maximum absolute atomic E-state index is 12.4. The Morgan fingerprint density at radius 2 is 2.10 bits per heavy atom. The molecule has 2 aromatic carbocycles. The van der Waals surface area contributed by atoms with E-state index in [0.29, 0.717) is 6.04 Å². The second-order valence-corrected chi connectivity index (χ2v) is 7.42. The number of ketones is 1. The van der Waals surface area contributed by atoms with Gasteiger partial charge in [-0.2, -0.15) is 5.26 Å². The van der Waals surface area contributed by atoms with Crippen LogP contribution in [0.15, 0.2) is 42.0 Å². The van der Waals surface area contributed by atoms with Crippen LogP contribution in [0.3, 0.4) is 0 Å². The van der Waals surface area contributed by atoms with Gasteiger partial charge < -0.3 is 20.2 Å². The maximum atomic E-state index is 12.4. The normalized spacial score (nSPS) is 18.4. The van der Waals surface area contributed by atoms with E-state index in [9.17, 15) is 20.3 Å².